The molecule has 0 bridgehead atoms. The second kappa shape index (κ2) is 9.37. The number of benzene rings is 2. The molecule has 184 valence electrons. The Balaban J connectivity index is 1.35. The first-order valence-corrected chi connectivity index (χ1v) is 11.8. The predicted octanol–water partition coefficient (Wildman–Crippen LogP) is 1.72. The van der Waals surface area contributed by atoms with E-state index in [2.05, 4.69) is 0 Å². The van der Waals surface area contributed by atoms with E-state index in [1.807, 2.05) is 24.3 Å². The molecular formula is C25H29ClO8. The summed E-state index contributed by atoms with van der Waals surface area (Å²) in [6.07, 6.45) is -3.00. The van der Waals surface area contributed by atoms with E-state index in [0.717, 1.165) is 29.7 Å². The largest absolute Gasteiger partial charge is 0.465 e. The summed E-state index contributed by atoms with van der Waals surface area (Å²) in [6.45, 7) is -0.557. The number of aliphatic hydroxyl groups is 4. The zero-order valence-corrected chi connectivity index (χ0v) is 19.5. The van der Waals surface area contributed by atoms with Crippen molar-refractivity contribution in [1.82, 2.24) is 0 Å². The fraction of sp³-hybridized carbons (Fsp3) is 0.520. The van der Waals surface area contributed by atoms with Gasteiger partial charge < -0.3 is 39.4 Å². The molecular weight excluding hydrogens is 464 g/mol. The van der Waals surface area contributed by atoms with E-state index in [9.17, 15) is 20.4 Å². The first-order chi connectivity index (χ1) is 16.3. The summed E-state index contributed by atoms with van der Waals surface area (Å²) < 4.78 is 23.0. The quantitative estimate of drug-likeness (QED) is 0.461. The maximum absolute atomic E-state index is 10.7. The van der Waals surface area contributed by atoms with Gasteiger partial charge in [-0.15, -0.1) is 0 Å². The summed E-state index contributed by atoms with van der Waals surface area (Å²) in [5.41, 5.74) is 2.14. The van der Waals surface area contributed by atoms with Crippen LogP contribution in [0.4, 0.5) is 0 Å². The Morgan fingerprint density at radius 2 is 1.82 bits per heavy atom. The van der Waals surface area contributed by atoms with Crippen molar-refractivity contribution < 1.29 is 39.4 Å². The van der Waals surface area contributed by atoms with Crippen LogP contribution in [0.3, 0.4) is 0 Å². The highest BCUT2D eigenvalue weighted by molar-refractivity contribution is 6.31. The average Bonchev–Trinajstić information content (AvgIpc) is 3.46. The maximum Gasteiger partial charge on any atom is 0.224 e. The molecule has 3 fully saturated rings. The standard InChI is InChI=1S/C25H29ClO8/c1-31-25(24(30)23(29)22(28)20(12-27)34-25)16-4-7-18(26)14(9-16)8-13-2-5-17(6-3-13)32-21-11-15-10-19(15)33-21/h2-7,9,15,19-24,27-30H,8,10-12H2,1H3/t15-,19-,20+,21-,22+,23-,24+,25?/m0/s1. The van der Waals surface area contributed by atoms with Gasteiger partial charge in [-0.1, -0.05) is 29.8 Å². The van der Waals surface area contributed by atoms with Crippen LogP contribution in [-0.4, -0.2) is 71.0 Å². The second-order valence-electron chi connectivity index (χ2n) is 9.22. The molecule has 8 nitrogen and oxygen atoms in total. The van der Waals surface area contributed by atoms with Crippen LogP contribution in [0.15, 0.2) is 42.5 Å². The maximum atomic E-state index is 10.7. The number of rotatable bonds is 7. The molecule has 34 heavy (non-hydrogen) atoms. The zero-order valence-electron chi connectivity index (χ0n) is 18.7. The Bertz CT molecular complexity index is 1000. The Morgan fingerprint density at radius 3 is 2.47 bits per heavy atom. The number of hydrogen-bond acceptors (Lipinski definition) is 8. The van der Waals surface area contributed by atoms with Gasteiger partial charge in [-0.05, 0) is 54.2 Å². The lowest BCUT2D eigenvalue weighted by molar-refractivity contribution is -0.366. The van der Waals surface area contributed by atoms with Gasteiger partial charge in [0.25, 0.3) is 0 Å². The number of ether oxygens (including phenoxy) is 4. The third-order valence-corrected chi connectivity index (χ3v) is 7.34. The van der Waals surface area contributed by atoms with E-state index in [1.165, 1.54) is 7.11 Å². The van der Waals surface area contributed by atoms with E-state index >= 15 is 0 Å². The molecule has 0 spiro atoms. The Kier molecular flexibility index (Phi) is 6.60. The summed E-state index contributed by atoms with van der Waals surface area (Å²) in [5.74, 6) is -0.391. The van der Waals surface area contributed by atoms with Crippen molar-refractivity contribution in [3.63, 3.8) is 0 Å². The molecule has 1 saturated carbocycles. The van der Waals surface area contributed by atoms with Crippen LogP contribution in [0.25, 0.3) is 0 Å². The Hall–Kier alpha value is -1.75. The number of aliphatic hydroxyl groups excluding tert-OH is 4. The minimum atomic E-state index is -1.79. The van der Waals surface area contributed by atoms with Crippen molar-refractivity contribution in [1.29, 1.82) is 0 Å². The highest BCUT2D eigenvalue weighted by atomic mass is 35.5. The summed E-state index contributed by atoms with van der Waals surface area (Å²) >= 11 is 6.47. The minimum Gasteiger partial charge on any atom is -0.465 e. The van der Waals surface area contributed by atoms with Crippen LogP contribution in [0.5, 0.6) is 5.75 Å². The monoisotopic (exact) mass is 492 g/mol. The van der Waals surface area contributed by atoms with Crippen LogP contribution in [0, 0.1) is 5.92 Å². The highest BCUT2D eigenvalue weighted by Crippen LogP contribution is 2.46. The van der Waals surface area contributed by atoms with Gasteiger partial charge in [0.2, 0.25) is 5.79 Å². The number of fused-ring (bicyclic) bond motifs is 1. The topological polar surface area (TPSA) is 118 Å². The van der Waals surface area contributed by atoms with Gasteiger partial charge in [0.15, 0.2) is 6.29 Å². The molecule has 4 N–H and O–H groups in total. The lowest BCUT2D eigenvalue weighted by atomic mass is 9.87. The molecule has 0 radical (unpaired) electrons. The molecule has 5 rings (SSSR count). The summed E-state index contributed by atoms with van der Waals surface area (Å²) in [6, 6.07) is 12.7. The second-order valence-corrected chi connectivity index (χ2v) is 9.62. The molecule has 2 heterocycles. The van der Waals surface area contributed by atoms with Crippen molar-refractivity contribution in [2.24, 2.45) is 5.92 Å². The molecule has 3 aliphatic rings. The molecule has 2 aromatic carbocycles. The van der Waals surface area contributed by atoms with Crippen molar-refractivity contribution in [2.45, 2.75) is 61.9 Å². The van der Waals surface area contributed by atoms with Crippen LogP contribution < -0.4 is 4.74 Å². The fourth-order valence-corrected chi connectivity index (χ4v) is 5.04. The molecule has 1 unspecified atom stereocenters. The smallest absolute Gasteiger partial charge is 0.224 e. The Morgan fingerprint density at radius 1 is 1.06 bits per heavy atom. The fourth-order valence-electron chi connectivity index (χ4n) is 4.86. The summed E-state index contributed by atoms with van der Waals surface area (Å²) in [7, 11) is 1.33. The molecule has 2 aromatic rings. The van der Waals surface area contributed by atoms with Crippen molar-refractivity contribution in [3.05, 3.63) is 64.2 Å². The SMILES string of the molecule is COC1(c2ccc(Cl)c(Cc3ccc(O[C@@H]4C[C@@H]5C[C@@H]5O4)cc3)c2)O[C@H](CO)[C@@H](O)[C@H](O)[C@H]1O. The molecule has 0 aromatic heterocycles. The van der Waals surface area contributed by atoms with Gasteiger partial charge in [0.1, 0.15) is 30.2 Å². The van der Waals surface area contributed by atoms with E-state index in [0.29, 0.717) is 29.0 Å². The van der Waals surface area contributed by atoms with Gasteiger partial charge in [0, 0.05) is 24.1 Å². The summed E-state index contributed by atoms with van der Waals surface area (Å²) in [5, 5.41) is 41.3. The minimum absolute atomic E-state index is 0.176. The van der Waals surface area contributed by atoms with E-state index in [4.69, 9.17) is 30.5 Å². The van der Waals surface area contributed by atoms with E-state index < -0.39 is 36.8 Å². The van der Waals surface area contributed by atoms with Crippen LogP contribution in [0.1, 0.15) is 29.5 Å². The normalized spacial score (nSPS) is 36.8. The highest BCUT2D eigenvalue weighted by Gasteiger charge is 2.55. The van der Waals surface area contributed by atoms with Gasteiger partial charge in [0.05, 0.1) is 12.7 Å². The molecule has 8 atom stereocenters. The van der Waals surface area contributed by atoms with Crippen molar-refractivity contribution in [2.75, 3.05) is 13.7 Å². The number of methoxy groups -OCH3 is 1. The molecule has 1 aliphatic carbocycles. The molecule has 2 aliphatic heterocycles. The number of hydrogen-bond donors (Lipinski definition) is 4. The first kappa shape index (κ1) is 24.0. The van der Waals surface area contributed by atoms with Crippen molar-refractivity contribution in [3.8, 4) is 5.75 Å². The van der Waals surface area contributed by atoms with E-state index in [-0.39, 0.29) is 6.29 Å². The Labute approximate surface area is 202 Å². The lowest BCUT2D eigenvalue weighted by Crippen LogP contribution is -2.64. The molecule has 2 saturated heterocycles. The molecule has 0 amide bonds. The zero-order chi connectivity index (χ0) is 24.0. The van der Waals surface area contributed by atoms with E-state index in [1.54, 1.807) is 18.2 Å². The molecule has 9 heteroatoms. The van der Waals surface area contributed by atoms with Gasteiger partial charge in [-0.2, -0.15) is 0 Å². The third kappa shape index (κ3) is 4.34. The van der Waals surface area contributed by atoms with Crippen LogP contribution in [0.2, 0.25) is 5.02 Å². The lowest BCUT2D eigenvalue weighted by Gasteiger charge is -2.47. The van der Waals surface area contributed by atoms with Crippen molar-refractivity contribution >= 4 is 11.6 Å². The first-order valence-electron chi connectivity index (χ1n) is 11.4. The van der Waals surface area contributed by atoms with Crippen LogP contribution in [-0.2, 0) is 26.4 Å². The van der Waals surface area contributed by atoms with Gasteiger partial charge in [-0.25, -0.2) is 0 Å². The number of halogens is 1. The summed E-state index contributed by atoms with van der Waals surface area (Å²) in [4.78, 5) is 0. The van der Waals surface area contributed by atoms with Gasteiger partial charge >= 0.3 is 0 Å². The average molecular weight is 493 g/mol. The van der Waals surface area contributed by atoms with Crippen LogP contribution >= 0.6 is 11.6 Å². The van der Waals surface area contributed by atoms with Gasteiger partial charge in [-0.3, -0.25) is 0 Å². The third-order valence-electron chi connectivity index (χ3n) is 6.97. The predicted molar refractivity (Wildman–Crippen MR) is 121 cm³/mol.